The average Bonchev–Trinajstić information content (AvgIpc) is 3.47. The van der Waals surface area contributed by atoms with E-state index in [4.69, 9.17) is 9.40 Å². The molecule has 0 aliphatic heterocycles. The van der Waals surface area contributed by atoms with Crippen molar-refractivity contribution in [3.8, 4) is 11.3 Å². The zero-order chi connectivity index (χ0) is 28.1. The molecule has 3 nitrogen and oxygen atoms in total. The zero-order valence-corrected chi connectivity index (χ0v) is 23.0. The van der Waals surface area contributed by atoms with Gasteiger partial charge < -0.3 is 4.42 Å². The summed E-state index contributed by atoms with van der Waals surface area (Å²) in [6, 6.07) is 45.3. The molecule has 7 aromatic carbocycles. The first kappa shape index (κ1) is 22.8. The van der Waals surface area contributed by atoms with Crippen molar-refractivity contribution in [3.63, 3.8) is 0 Å². The number of hydrogen-bond donors (Lipinski definition) is 0. The highest BCUT2D eigenvalue weighted by atomic mass is 16.3. The molecule has 0 N–H and O–H groups in total. The molecule has 0 unspecified atom stereocenters. The Labute approximate surface area is 245 Å². The summed E-state index contributed by atoms with van der Waals surface area (Å²) in [4.78, 5) is 9.80. The van der Waals surface area contributed by atoms with Gasteiger partial charge in [0.1, 0.15) is 11.2 Å². The topological polar surface area (TPSA) is 38.9 Å². The van der Waals surface area contributed by atoms with Crippen LogP contribution >= 0.6 is 0 Å². The van der Waals surface area contributed by atoms with Crippen LogP contribution < -0.4 is 0 Å². The summed E-state index contributed by atoms with van der Waals surface area (Å²) >= 11 is 0. The molecule has 3 heteroatoms. The third-order valence-electron chi connectivity index (χ3n) is 9.05. The van der Waals surface area contributed by atoms with E-state index in [0.29, 0.717) is 0 Å². The van der Waals surface area contributed by atoms with E-state index in [2.05, 4.69) is 126 Å². The van der Waals surface area contributed by atoms with Crippen LogP contribution in [0.2, 0.25) is 0 Å². The highest BCUT2D eigenvalue weighted by Crippen LogP contribution is 2.44. The van der Waals surface area contributed by atoms with E-state index in [-0.39, 0.29) is 0 Å². The second kappa shape index (κ2) is 8.37. The first-order valence-corrected chi connectivity index (χ1v) is 14.6. The van der Waals surface area contributed by atoms with Gasteiger partial charge in [-0.05, 0) is 74.1 Å². The summed E-state index contributed by atoms with van der Waals surface area (Å²) in [7, 11) is 0. The Kier molecular flexibility index (Phi) is 4.45. The highest BCUT2D eigenvalue weighted by molar-refractivity contribution is 6.37. The quantitative estimate of drug-likeness (QED) is 0.192. The number of pyridine rings is 2. The van der Waals surface area contributed by atoms with Crippen LogP contribution in [0.1, 0.15) is 0 Å². The summed E-state index contributed by atoms with van der Waals surface area (Å²) in [5, 5.41) is 14.4. The molecule has 0 atom stereocenters. The van der Waals surface area contributed by atoms with Crippen LogP contribution in [0.4, 0.5) is 0 Å². The second-order valence-electron chi connectivity index (χ2n) is 11.3. The van der Waals surface area contributed by atoms with Gasteiger partial charge in [-0.1, -0.05) is 91.0 Å². The maximum atomic E-state index is 6.46. The minimum absolute atomic E-state index is 0.918. The van der Waals surface area contributed by atoms with Gasteiger partial charge in [0.15, 0.2) is 0 Å². The van der Waals surface area contributed by atoms with Gasteiger partial charge in [-0.3, -0.25) is 4.98 Å². The van der Waals surface area contributed by atoms with Crippen molar-refractivity contribution in [2.75, 3.05) is 0 Å². The lowest BCUT2D eigenvalue weighted by atomic mass is 9.90. The molecule has 0 saturated heterocycles. The van der Waals surface area contributed by atoms with E-state index in [1.807, 2.05) is 12.3 Å². The van der Waals surface area contributed by atoms with Gasteiger partial charge in [0, 0.05) is 38.7 Å². The minimum Gasteiger partial charge on any atom is -0.456 e. The van der Waals surface area contributed by atoms with Gasteiger partial charge in [0.2, 0.25) is 0 Å². The molecule has 10 rings (SSSR count). The fraction of sp³-hybridized carbons (Fsp3) is 0. The number of aromatic nitrogens is 2. The summed E-state index contributed by atoms with van der Waals surface area (Å²) in [6.45, 7) is 0. The monoisotopic (exact) mass is 546 g/mol. The van der Waals surface area contributed by atoms with E-state index < -0.39 is 0 Å². The summed E-state index contributed by atoms with van der Waals surface area (Å²) < 4.78 is 6.46. The molecule has 0 bridgehead atoms. The molecule has 3 aromatic heterocycles. The molecule has 0 aliphatic rings. The fourth-order valence-corrected chi connectivity index (χ4v) is 7.12. The third-order valence-corrected chi connectivity index (χ3v) is 9.05. The third kappa shape index (κ3) is 3.14. The Morgan fingerprint density at radius 3 is 2.00 bits per heavy atom. The SMILES string of the molecule is c1ccc2c(c1)ccc1oc3ccc4c5ccc(-c6ccc7ccc8cccnc8c7n6)cc5c5ccccc5c4c3c12. The summed E-state index contributed by atoms with van der Waals surface area (Å²) in [5.74, 6) is 0. The predicted octanol–water partition coefficient (Wildman–Crippen LogP) is 11.0. The first-order chi connectivity index (χ1) is 21.3. The van der Waals surface area contributed by atoms with Gasteiger partial charge in [-0.25, -0.2) is 4.98 Å². The maximum Gasteiger partial charge on any atom is 0.136 e. The standard InChI is InChI=1S/C40H22N2O/c1-2-8-27-23(6-1)15-19-34-37(27)38-35(43-34)20-17-31-29-16-13-26(22-32(29)28-9-3-4-10-30(28)36(31)38)33-18-14-25-12-11-24-7-5-21-41-39(24)40(25)42-33/h1-22H. The molecule has 0 spiro atoms. The highest BCUT2D eigenvalue weighted by Gasteiger charge is 2.18. The van der Waals surface area contributed by atoms with E-state index in [9.17, 15) is 0 Å². The van der Waals surface area contributed by atoms with E-state index in [0.717, 1.165) is 44.2 Å². The summed E-state index contributed by atoms with van der Waals surface area (Å²) in [5.41, 5.74) is 5.74. The molecule has 0 radical (unpaired) electrons. The molecule has 198 valence electrons. The van der Waals surface area contributed by atoms with Crippen LogP contribution in [0.5, 0.6) is 0 Å². The Balaban J connectivity index is 1.31. The Morgan fingerprint density at radius 2 is 1.07 bits per heavy atom. The maximum absolute atomic E-state index is 6.46. The van der Waals surface area contributed by atoms with Crippen molar-refractivity contribution in [1.82, 2.24) is 9.97 Å². The van der Waals surface area contributed by atoms with Crippen molar-refractivity contribution in [1.29, 1.82) is 0 Å². The van der Waals surface area contributed by atoms with Gasteiger partial charge in [0.05, 0.1) is 16.7 Å². The normalized spacial score (nSPS) is 12.2. The van der Waals surface area contributed by atoms with Crippen molar-refractivity contribution in [3.05, 3.63) is 134 Å². The number of furan rings is 1. The van der Waals surface area contributed by atoms with Gasteiger partial charge in [0.25, 0.3) is 0 Å². The van der Waals surface area contributed by atoms with Crippen molar-refractivity contribution in [2.45, 2.75) is 0 Å². The molecule has 0 fully saturated rings. The van der Waals surface area contributed by atoms with Crippen LogP contribution in [0, 0.1) is 0 Å². The lowest BCUT2D eigenvalue weighted by molar-refractivity contribution is 0.669. The van der Waals surface area contributed by atoms with Crippen LogP contribution in [-0.2, 0) is 0 Å². The van der Waals surface area contributed by atoms with Crippen molar-refractivity contribution >= 4 is 86.8 Å². The largest absolute Gasteiger partial charge is 0.456 e. The molecule has 43 heavy (non-hydrogen) atoms. The van der Waals surface area contributed by atoms with Crippen LogP contribution in [0.3, 0.4) is 0 Å². The van der Waals surface area contributed by atoms with E-state index in [1.165, 1.54) is 53.9 Å². The molecule has 0 aliphatic carbocycles. The van der Waals surface area contributed by atoms with Crippen molar-refractivity contribution in [2.24, 2.45) is 0 Å². The minimum atomic E-state index is 0.918. The molecule has 3 heterocycles. The smallest absolute Gasteiger partial charge is 0.136 e. The van der Waals surface area contributed by atoms with Crippen LogP contribution in [0.15, 0.2) is 138 Å². The number of nitrogens with zero attached hydrogens (tertiary/aromatic N) is 2. The van der Waals surface area contributed by atoms with E-state index in [1.54, 1.807) is 0 Å². The fourth-order valence-electron chi connectivity index (χ4n) is 7.12. The molecule has 0 saturated carbocycles. The van der Waals surface area contributed by atoms with Crippen LogP contribution in [-0.4, -0.2) is 9.97 Å². The lowest BCUT2D eigenvalue weighted by Gasteiger charge is -2.13. The Morgan fingerprint density at radius 1 is 0.419 bits per heavy atom. The average molecular weight is 547 g/mol. The van der Waals surface area contributed by atoms with E-state index >= 15 is 0 Å². The molecule has 10 aromatic rings. The number of rotatable bonds is 1. The molecular formula is C40H22N2O. The first-order valence-electron chi connectivity index (χ1n) is 14.6. The van der Waals surface area contributed by atoms with Gasteiger partial charge in [-0.15, -0.1) is 0 Å². The van der Waals surface area contributed by atoms with Gasteiger partial charge in [-0.2, -0.15) is 0 Å². The Hall–Kier alpha value is -5.80. The number of benzene rings is 7. The van der Waals surface area contributed by atoms with Crippen molar-refractivity contribution < 1.29 is 4.42 Å². The number of hydrogen-bond acceptors (Lipinski definition) is 3. The van der Waals surface area contributed by atoms with Crippen LogP contribution in [0.25, 0.3) is 98.1 Å². The predicted molar refractivity (Wildman–Crippen MR) is 180 cm³/mol. The lowest BCUT2D eigenvalue weighted by Crippen LogP contribution is -1.90. The van der Waals surface area contributed by atoms with Gasteiger partial charge >= 0.3 is 0 Å². The summed E-state index contributed by atoms with van der Waals surface area (Å²) in [6.07, 6.45) is 1.84. The molecule has 0 amide bonds. The number of fused-ring (bicyclic) bond motifs is 15. The second-order valence-corrected chi connectivity index (χ2v) is 11.3. The zero-order valence-electron chi connectivity index (χ0n) is 23.0. The Bertz CT molecular complexity index is 2770. The molecular weight excluding hydrogens is 524 g/mol.